The molecule has 2 aromatic carbocycles. The monoisotopic (exact) mass is 255 g/mol. The standard InChI is InChI=1S/C16H17NO2/c1-11-7-8-14(15(18)9-11)16(19)17-10-13-6-4-3-5-12(13)2/h3-9,18H,10H2,1-2H3,(H,17,19). The highest BCUT2D eigenvalue weighted by Crippen LogP contribution is 2.18. The molecule has 0 bridgehead atoms. The van der Waals surface area contributed by atoms with Crippen molar-refractivity contribution in [2.24, 2.45) is 0 Å². The average molecular weight is 255 g/mol. The summed E-state index contributed by atoms with van der Waals surface area (Å²) >= 11 is 0. The Morgan fingerprint density at radius 1 is 1.16 bits per heavy atom. The number of carbonyl (C=O) groups is 1. The predicted molar refractivity (Wildman–Crippen MR) is 75.2 cm³/mol. The third-order valence-corrected chi connectivity index (χ3v) is 3.10. The van der Waals surface area contributed by atoms with E-state index in [0.29, 0.717) is 12.1 Å². The predicted octanol–water partition coefficient (Wildman–Crippen LogP) is 2.94. The molecule has 0 heterocycles. The van der Waals surface area contributed by atoms with Gasteiger partial charge in [0.05, 0.1) is 5.56 Å². The van der Waals surface area contributed by atoms with Gasteiger partial charge in [0.25, 0.3) is 5.91 Å². The SMILES string of the molecule is Cc1ccc(C(=O)NCc2ccccc2C)c(O)c1. The van der Waals surface area contributed by atoms with Crippen LogP contribution in [0, 0.1) is 13.8 Å². The molecule has 19 heavy (non-hydrogen) atoms. The summed E-state index contributed by atoms with van der Waals surface area (Å²) in [6, 6.07) is 12.9. The molecule has 2 aromatic rings. The molecule has 2 rings (SSSR count). The topological polar surface area (TPSA) is 49.3 Å². The first-order valence-electron chi connectivity index (χ1n) is 6.20. The van der Waals surface area contributed by atoms with E-state index in [1.165, 1.54) is 0 Å². The van der Waals surface area contributed by atoms with E-state index in [0.717, 1.165) is 16.7 Å². The summed E-state index contributed by atoms with van der Waals surface area (Å²) in [5.41, 5.74) is 3.44. The molecule has 0 aliphatic rings. The molecule has 2 N–H and O–H groups in total. The van der Waals surface area contributed by atoms with Crippen LogP contribution in [0.15, 0.2) is 42.5 Å². The highest BCUT2D eigenvalue weighted by molar-refractivity contribution is 5.96. The second-order valence-corrected chi connectivity index (χ2v) is 4.63. The Kier molecular flexibility index (Phi) is 3.85. The molecule has 0 aliphatic heterocycles. The maximum Gasteiger partial charge on any atom is 0.255 e. The van der Waals surface area contributed by atoms with Gasteiger partial charge in [-0.3, -0.25) is 4.79 Å². The number of aromatic hydroxyl groups is 1. The van der Waals surface area contributed by atoms with Crippen LogP contribution >= 0.6 is 0 Å². The summed E-state index contributed by atoms with van der Waals surface area (Å²) < 4.78 is 0. The van der Waals surface area contributed by atoms with Crippen LogP contribution in [0.2, 0.25) is 0 Å². The van der Waals surface area contributed by atoms with E-state index in [1.54, 1.807) is 12.1 Å². The number of hydrogen-bond donors (Lipinski definition) is 2. The molecule has 0 spiro atoms. The molecular formula is C16H17NO2. The molecule has 0 atom stereocenters. The number of hydrogen-bond acceptors (Lipinski definition) is 2. The van der Waals surface area contributed by atoms with Gasteiger partial charge in [0.2, 0.25) is 0 Å². The Morgan fingerprint density at radius 3 is 2.58 bits per heavy atom. The third kappa shape index (κ3) is 3.13. The lowest BCUT2D eigenvalue weighted by Gasteiger charge is -2.09. The van der Waals surface area contributed by atoms with Gasteiger partial charge in [0.15, 0.2) is 0 Å². The van der Waals surface area contributed by atoms with Crippen molar-refractivity contribution >= 4 is 5.91 Å². The fraction of sp³-hybridized carbons (Fsp3) is 0.188. The summed E-state index contributed by atoms with van der Waals surface area (Å²) in [6.45, 7) is 4.33. The summed E-state index contributed by atoms with van der Waals surface area (Å²) in [4.78, 5) is 12.0. The Balaban J connectivity index is 2.08. The van der Waals surface area contributed by atoms with Gasteiger partial charge in [-0.1, -0.05) is 30.3 Å². The fourth-order valence-electron chi connectivity index (χ4n) is 1.91. The first-order chi connectivity index (χ1) is 9.08. The summed E-state index contributed by atoms with van der Waals surface area (Å²) in [7, 11) is 0. The molecule has 3 heteroatoms. The largest absolute Gasteiger partial charge is 0.507 e. The van der Waals surface area contributed by atoms with Crippen LogP contribution in [0.5, 0.6) is 5.75 Å². The smallest absolute Gasteiger partial charge is 0.255 e. The lowest BCUT2D eigenvalue weighted by atomic mass is 10.1. The molecule has 3 nitrogen and oxygen atoms in total. The maximum absolute atomic E-state index is 12.0. The molecular weight excluding hydrogens is 238 g/mol. The van der Waals surface area contributed by atoms with E-state index < -0.39 is 0 Å². The van der Waals surface area contributed by atoms with Crippen molar-refractivity contribution in [3.8, 4) is 5.75 Å². The van der Waals surface area contributed by atoms with Gasteiger partial charge < -0.3 is 10.4 Å². The Morgan fingerprint density at radius 2 is 1.89 bits per heavy atom. The minimum atomic E-state index is -0.263. The quantitative estimate of drug-likeness (QED) is 0.886. The molecule has 0 saturated heterocycles. The van der Waals surface area contributed by atoms with E-state index in [4.69, 9.17) is 0 Å². The van der Waals surface area contributed by atoms with Crippen LogP contribution in [0.1, 0.15) is 27.0 Å². The summed E-state index contributed by atoms with van der Waals surface area (Å²) in [6.07, 6.45) is 0. The summed E-state index contributed by atoms with van der Waals surface area (Å²) in [5.74, 6) is -0.247. The van der Waals surface area contributed by atoms with Crippen molar-refractivity contribution in [3.05, 3.63) is 64.7 Å². The second kappa shape index (κ2) is 5.57. The maximum atomic E-state index is 12.0. The summed E-state index contributed by atoms with van der Waals surface area (Å²) in [5, 5.41) is 12.6. The van der Waals surface area contributed by atoms with Gasteiger partial charge >= 0.3 is 0 Å². The van der Waals surface area contributed by atoms with Crippen molar-refractivity contribution in [1.29, 1.82) is 0 Å². The highest BCUT2D eigenvalue weighted by Gasteiger charge is 2.10. The molecule has 0 aliphatic carbocycles. The third-order valence-electron chi connectivity index (χ3n) is 3.10. The van der Waals surface area contributed by atoms with Gasteiger partial charge in [-0.25, -0.2) is 0 Å². The second-order valence-electron chi connectivity index (χ2n) is 4.63. The lowest BCUT2D eigenvalue weighted by Crippen LogP contribution is -2.23. The van der Waals surface area contributed by atoms with E-state index in [9.17, 15) is 9.90 Å². The van der Waals surface area contributed by atoms with Crippen LogP contribution < -0.4 is 5.32 Å². The van der Waals surface area contributed by atoms with Crippen molar-refractivity contribution in [2.75, 3.05) is 0 Å². The molecule has 1 amide bonds. The number of carbonyl (C=O) groups excluding carboxylic acids is 1. The zero-order valence-electron chi connectivity index (χ0n) is 11.1. The fourth-order valence-corrected chi connectivity index (χ4v) is 1.91. The molecule has 0 saturated carbocycles. The van der Waals surface area contributed by atoms with E-state index >= 15 is 0 Å². The highest BCUT2D eigenvalue weighted by atomic mass is 16.3. The van der Waals surface area contributed by atoms with Gasteiger partial charge in [-0.05, 0) is 42.7 Å². The number of benzene rings is 2. The molecule has 98 valence electrons. The molecule has 0 fully saturated rings. The van der Waals surface area contributed by atoms with Crippen molar-refractivity contribution in [3.63, 3.8) is 0 Å². The van der Waals surface area contributed by atoms with Crippen LogP contribution in [0.3, 0.4) is 0 Å². The minimum absolute atomic E-state index is 0.0160. The van der Waals surface area contributed by atoms with Crippen LogP contribution in [-0.4, -0.2) is 11.0 Å². The normalized spacial score (nSPS) is 10.2. The zero-order chi connectivity index (χ0) is 13.8. The Bertz CT molecular complexity index is 605. The van der Waals surface area contributed by atoms with Gasteiger partial charge in [0, 0.05) is 6.54 Å². The van der Waals surface area contributed by atoms with Gasteiger partial charge in [-0.15, -0.1) is 0 Å². The first kappa shape index (κ1) is 13.1. The van der Waals surface area contributed by atoms with Crippen LogP contribution in [0.25, 0.3) is 0 Å². The number of phenols is 1. The Labute approximate surface area is 112 Å². The number of aryl methyl sites for hydroxylation is 2. The van der Waals surface area contributed by atoms with Gasteiger partial charge in [-0.2, -0.15) is 0 Å². The first-order valence-corrected chi connectivity index (χ1v) is 6.20. The van der Waals surface area contributed by atoms with Crippen molar-refractivity contribution < 1.29 is 9.90 Å². The Hall–Kier alpha value is -2.29. The van der Waals surface area contributed by atoms with E-state index in [2.05, 4.69) is 5.32 Å². The number of nitrogens with one attached hydrogen (secondary N) is 1. The lowest BCUT2D eigenvalue weighted by molar-refractivity contribution is 0.0948. The number of rotatable bonds is 3. The molecule has 0 aromatic heterocycles. The number of phenolic OH excluding ortho intramolecular Hbond substituents is 1. The molecule has 0 radical (unpaired) electrons. The average Bonchev–Trinajstić information content (AvgIpc) is 2.37. The van der Waals surface area contributed by atoms with Crippen LogP contribution in [-0.2, 0) is 6.54 Å². The van der Waals surface area contributed by atoms with Crippen molar-refractivity contribution in [2.45, 2.75) is 20.4 Å². The van der Waals surface area contributed by atoms with Crippen LogP contribution in [0.4, 0.5) is 0 Å². The minimum Gasteiger partial charge on any atom is -0.507 e. The zero-order valence-corrected chi connectivity index (χ0v) is 11.1. The number of amides is 1. The molecule has 0 unspecified atom stereocenters. The van der Waals surface area contributed by atoms with E-state index in [1.807, 2.05) is 44.2 Å². The van der Waals surface area contributed by atoms with Gasteiger partial charge in [0.1, 0.15) is 5.75 Å². The van der Waals surface area contributed by atoms with E-state index in [-0.39, 0.29) is 11.7 Å². The van der Waals surface area contributed by atoms with Crippen molar-refractivity contribution in [1.82, 2.24) is 5.32 Å².